The molecule has 0 aliphatic rings. The van der Waals surface area contributed by atoms with Crippen LogP contribution in [0, 0.1) is 0 Å². The van der Waals surface area contributed by atoms with Crippen molar-refractivity contribution in [3.63, 3.8) is 0 Å². The van der Waals surface area contributed by atoms with Gasteiger partial charge in [0.1, 0.15) is 11.5 Å². The number of methoxy groups -OCH3 is 1. The standard InChI is InChI=1S/C13H13NO2S/c1-16-11-4-5-13(15)10(7-11)8-14-9-12-3-2-6-17-12/h2-8,15H,9H2,1H3. The summed E-state index contributed by atoms with van der Waals surface area (Å²) in [6, 6.07) is 9.11. The second kappa shape index (κ2) is 5.50. The van der Waals surface area contributed by atoms with E-state index < -0.39 is 0 Å². The number of rotatable bonds is 4. The summed E-state index contributed by atoms with van der Waals surface area (Å²) < 4.78 is 5.09. The summed E-state index contributed by atoms with van der Waals surface area (Å²) in [5, 5.41) is 11.7. The maximum Gasteiger partial charge on any atom is 0.124 e. The van der Waals surface area contributed by atoms with Gasteiger partial charge >= 0.3 is 0 Å². The van der Waals surface area contributed by atoms with Gasteiger partial charge in [-0.25, -0.2) is 0 Å². The van der Waals surface area contributed by atoms with Gasteiger partial charge in [0.05, 0.1) is 13.7 Å². The van der Waals surface area contributed by atoms with Gasteiger partial charge in [0.25, 0.3) is 0 Å². The monoisotopic (exact) mass is 247 g/mol. The maximum atomic E-state index is 9.64. The van der Waals surface area contributed by atoms with Crippen LogP contribution in [0.15, 0.2) is 40.7 Å². The lowest BCUT2D eigenvalue weighted by molar-refractivity contribution is 0.412. The molecule has 1 aromatic heterocycles. The first-order valence-corrected chi connectivity index (χ1v) is 6.07. The van der Waals surface area contributed by atoms with Gasteiger partial charge in [0.15, 0.2) is 0 Å². The molecule has 0 atom stereocenters. The summed E-state index contributed by atoms with van der Waals surface area (Å²) >= 11 is 1.67. The molecule has 0 bridgehead atoms. The Morgan fingerprint density at radius 3 is 3.00 bits per heavy atom. The van der Waals surface area contributed by atoms with E-state index in [1.54, 1.807) is 42.9 Å². The molecule has 0 amide bonds. The zero-order valence-corrected chi connectivity index (χ0v) is 10.3. The third kappa shape index (κ3) is 3.07. The molecule has 17 heavy (non-hydrogen) atoms. The fraction of sp³-hybridized carbons (Fsp3) is 0.154. The van der Waals surface area contributed by atoms with E-state index in [0.717, 1.165) is 0 Å². The average Bonchev–Trinajstić information content (AvgIpc) is 2.84. The highest BCUT2D eigenvalue weighted by Gasteiger charge is 2.00. The first kappa shape index (κ1) is 11.7. The summed E-state index contributed by atoms with van der Waals surface area (Å²) in [5.74, 6) is 0.918. The minimum absolute atomic E-state index is 0.209. The van der Waals surface area contributed by atoms with Crippen LogP contribution in [0.4, 0.5) is 0 Å². The Bertz CT molecular complexity index is 506. The Hall–Kier alpha value is -1.81. The van der Waals surface area contributed by atoms with Crippen molar-refractivity contribution >= 4 is 17.6 Å². The predicted molar refractivity (Wildman–Crippen MR) is 70.3 cm³/mol. The zero-order valence-electron chi connectivity index (χ0n) is 9.46. The molecule has 0 saturated heterocycles. The smallest absolute Gasteiger partial charge is 0.124 e. The minimum Gasteiger partial charge on any atom is -0.507 e. The summed E-state index contributed by atoms with van der Waals surface area (Å²) in [4.78, 5) is 5.49. The Kier molecular flexibility index (Phi) is 3.77. The topological polar surface area (TPSA) is 41.8 Å². The second-order valence-corrected chi connectivity index (χ2v) is 4.51. The first-order chi connectivity index (χ1) is 8.29. The number of nitrogens with zero attached hydrogens (tertiary/aromatic N) is 1. The lowest BCUT2D eigenvalue weighted by Crippen LogP contribution is -1.87. The van der Waals surface area contributed by atoms with E-state index in [-0.39, 0.29) is 5.75 Å². The van der Waals surface area contributed by atoms with Gasteiger partial charge < -0.3 is 9.84 Å². The lowest BCUT2D eigenvalue weighted by Gasteiger charge is -2.02. The van der Waals surface area contributed by atoms with Crippen molar-refractivity contribution in [1.29, 1.82) is 0 Å². The van der Waals surface area contributed by atoms with E-state index in [2.05, 4.69) is 4.99 Å². The summed E-state index contributed by atoms with van der Waals surface area (Å²) in [7, 11) is 1.60. The van der Waals surface area contributed by atoms with Crippen LogP contribution in [0.2, 0.25) is 0 Å². The van der Waals surface area contributed by atoms with Crippen LogP contribution in [0.1, 0.15) is 10.4 Å². The molecule has 0 fully saturated rings. The van der Waals surface area contributed by atoms with Gasteiger partial charge in [-0.1, -0.05) is 6.07 Å². The molecule has 2 aromatic rings. The molecule has 0 spiro atoms. The van der Waals surface area contributed by atoms with Crippen LogP contribution in [-0.4, -0.2) is 18.4 Å². The number of ether oxygens (including phenoxy) is 1. The maximum absolute atomic E-state index is 9.64. The molecule has 0 aliphatic carbocycles. The molecule has 3 nitrogen and oxygen atoms in total. The molecular weight excluding hydrogens is 234 g/mol. The van der Waals surface area contributed by atoms with Crippen molar-refractivity contribution in [1.82, 2.24) is 0 Å². The van der Waals surface area contributed by atoms with Crippen molar-refractivity contribution in [3.8, 4) is 11.5 Å². The normalized spacial score (nSPS) is 10.9. The van der Waals surface area contributed by atoms with Crippen molar-refractivity contribution in [2.24, 2.45) is 4.99 Å². The van der Waals surface area contributed by atoms with Crippen LogP contribution in [-0.2, 0) is 6.54 Å². The number of aliphatic imine (C=N–C) groups is 1. The molecule has 1 N–H and O–H groups in total. The van der Waals surface area contributed by atoms with E-state index in [4.69, 9.17) is 4.74 Å². The van der Waals surface area contributed by atoms with Crippen LogP contribution in [0.3, 0.4) is 0 Å². The molecule has 0 unspecified atom stereocenters. The van der Waals surface area contributed by atoms with Gasteiger partial charge in [0.2, 0.25) is 0 Å². The van der Waals surface area contributed by atoms with Crippen molar-refractivity contribution in [3.05, 3.63) is 46.2 Å². The van der Waals surface area contributed by atoms with E-state index in [1.165, 1.54) is 4.88 Å². The Morgan fingerprint density at radius 1 is 1.41 bits per heavy atom. The summed E-state index contributed by atoms with van der Waals surface area (Å²) in [5.41, 5.74) is 0.668. The number of benzene rings is 1. The van der Waals surface area contributed by atoms with E-state index in [1.807, 2.05) is 17.5 Å². The Balaban J connectivity index is 2.09. The highest BCUT2D eigenvalue weighted by Crippen LogP contribution is 2.21. The fourth-order valence-corrected chi connectivity index (χ4v) is 2.04. The summed E-state index contributed by atoms with van der Waals surface area (Å²) in [6.07, 6.45) is 1.66. The largest absolute Gasteiger partial charge is 0.507 e. The lowest BCUT2D eigenvalue weighted by atomic mass is 10.2. The van der Waals surface area contributed by atoms with Crippen LogP contribution in [0.5, 0.6) is 11.5 Å². The predicted octanol–water partition coefficient (Wildman–Crippen LogP) is 3.08. The van der Waals surface area contributed by atoms with Crippen LogP contribution < -0.4 is 4.74 Å². The van der Waals surface area contributed by atoms with E-state index in [0.29, 0.717) is 17.9 Å². The molecule has 0 aliphatic heterocycles. The molecule has 0 radical (unpaired) electrons. The third-order valence-electron chi connectivity index (χ3n) is 2.29. The van der Waals surface area contributed by atoms with Gasteiger partial charge in [-0.3, -0.25) is 4.99 Å². The number of phenolic OH excluding ortho intramolecular Hbond substituents is 1. The molecule has 0 saturated carbocycles. The van der Waals surface area contributed by atoms with Crippen LogP contribution >= 0.6 is 11.3 Å². The molecule has 2 rings (SSSR count). The van der Waals surface area contributed by atoms with Crippen molar-refractivity contribution in [2.75, 3.05) is 7.11 Å². The fourth-order valence-electron chi connectivity index (χ4n) is 1.40. The van der Waals surface area contributed by atoms with Gasteiger partial charge in [-0.15, -0.1) is 11.3 Å². The minimum atomic E-state index is 0.209. The quantitative estimate of drug-likeness (QED) is 0.844. The summed E-state index contributed by atoms with van der Waals surface area (Å²) in [6.45, 7) is 0.633. The molecule has 4 heteroatoms. The highest BCUT2D eigenvalue weighted by atomic mass is 32.1. The van der Waals surface area contributed by atoms with Gasteiger partial charge in [-0.2, -0.15) is 0 Å². The number of aromatic hydroxyl groups is 1. The van der Waals surface area contributed by atoms with Crippen molar-refractivity contribution < 1.29 is 9.84 Å². The zero-order chi connectivity index (χ0) is 12.1. The van der Waals surface area contributed by atoms with Gasteiger partial charge in [0, 0.05) is 16.7 Å². The van der Waals surface area contributed by atoms with Gasteiger partial charge in [-0.05, 0) is 29.6 Å². The first-order valence-electron chi connectivity index (χ1n) is 5.19. The second-order valence-electron chi connectivity index (χ2n) is 3.47. The molecule has 1 aromatic carbocycles. The molecule has 88 valence electrons. The average molecular weight is 247 g/mol. The Labute approximate surface area is 104 Å². The van der Waals surface area contributed by atoms with E-state index in [9.17, 15) is 5.11 Å². The van der Waals surface area contributed by atoms with Crippen LogP contribution in [0.25, 0.3) is 0 Å². The third-order valence-corrected chi connectivity index (χ3v) is 3.15. The molecular formula is C13H13NO2S. The Morgan fingerprint density at radius 2 is 2.29 bits per heavy atom. The highest BCUT2D eigenvalue weighted by molar-refractivity contribution is 7.09. The van der Waals surface area contributed by atoms with E-state index >= 15 is 0 Å². The number of phenols is 1. The number of hydrogen-bond acceptors (Lipinski definition) is 4. The SMILES string of the molecule is COc1ccc(O)c(C=NCc2cccs2)c1. The number of thiophene rings is 1. The van der Waals surface area contributed by atoms with Crippen molar-refractivity contribution in [2.45, 2.75) is 6.54 Å². The number of hydrogen-bond donors (Lipinski definition) is 1. The molecule has 1 heterocycles.